The minimum atomic E-state index is -0.551. The molecule has 1 spiro atoms. The van der Waals surface area contributed by atoms with Crippen LogP contribution in [0.4, 0.5) is 0 Å². The van der Waals surface area contributed by atoms with Gasteiger partial charge in [0.05, 0.1) is 12.2 Å². The van der Waals surface area contributed by atoms with Gasteiger partial charge >= 0.3 is 7.12 Å². The highest BCUT2D eigenvalue weighted by molar-refractivity contribution is 6.48. The Morgan fingerprint density at radius 3 is 2.53 bits per heavy atom. The molecule has 0 amide bonds. The molecule has 0 bridgehead atoms. The fourth-order valence-electron chi connectivity index (χ4n) is 8.38. The van der Waals surface area contributed by atoms with Crippen molar-refractivity contribution in [2.24, 2.45) is 28.6 Å². The number of carbonyl (C=O) groups is 1. The molecule has 166 valence electrons. The monoisotopic (exact) mass is 414 g/mol. The lowest BCUT2D eigenvalue weighted by molar-refractivity contribution is -0.199. The number of ketones is 1. The first kappa shape index (κ1) is 21.2. The SMILES string of the molecule is CC(C)(C)B1OC[C@@H](O)[C@]2(CC[C@H]3[C@@H]4CCC5=CC(=O)CC[C@]5(C)[C@H]4CC[C@@]32C)O1. The fourth-order valence-corrected chi connectivity index (χ4v) is 8.38. The number of fused-ring (bicyclic) bond motifs is 6. The van der Waals surface area contributed by atoms with E-state index in [1.807, 2.05) is 6.08 Å². The zero-order chi connectivity index (χ0) is 21.5. The summed E-state index contributed by atoms with van der Waals surface area (Å²) in [6.45, 7) is 11.7. The van der Waals surface area contributed by atoms with Crippen LogP contribution in [-0.2, 0) is 14.1 Å². The zero-order valence-electron chi connectivity index (χ0n) is 19.5. The number of rotatable bonds is 0. The molecular weight excluding hydrogens is 375 g/mol. The second-order valence-electron chi connectivity index (χ2n) is 12.5. The number of hydrogen-bond donors (Lipinski definition) is 1. The van der Waals surface area contributed by atoms with Gasteiger partial charge in [-0.05, 0) is 79.5 Å². The lowest BCUT2D eigenvalue weighted by atomic mass is 9.45. The van der Waals surface area contributed by atoms with Gasteiger partial charge in [0.1, 0.15) is 6.10 Å². The summed E-state index contributed by atoms with van der Waals surface area (Å²) < 4.78 is 12.7. The predicted octanol–water partition coefficient (Wildman–Crippen LogP) is 4.95. The Kier molecular flexibility index (Phi) is 4.72. The number of aliphatic hydroxyl groups excluding tert-OH is 1. The molecule has 5 rings (SSSR count). The molecule has 1 N–H and O–H groups in total. The van der Waals surface area contributed by atoms with Crippen LogP contribution in [-0.4, -0.2) is 36.3 Å². The molecule has 0 aromatic heterocycles. The van der Waals surface area contributed by atoms with Gasteiger partial charge in [0, 0.05) is 11.8 Å². The molecule has 7 atom stereocenters. The number of allylic oxidation sites excluding steroid dienone is 1. The number of hydrogen-bond acceptors (Lipinski definition) is 4. The first-order chi connectivity index (χ1) is 14.0. The normalized spacial score (nSPS) is 48.8. The molecule has 0 unspecified atom stereocenters. The maximum absolute atomic E-state index is 12.1. The standard InChI is InChI=1S/C25H39BO4/c1-22(2,3)26-29-15-21(28)25(30-26)13-10-20-18-7-6-16-14-17(27)8-11-23(16,4)19(18)9-12-24(20,25)5/h14,18-21,28H,6-13,15H2,1-5H3/t18-,19+,20+,21-,23+,24+,25+/m1/s1. The lowest BCUT2D eigenvalue weighted by Crippen LogP contribution is -2.66. The van der Waals surface area contributed by atoms with Gasteiger partial charge in [-0.15, -0.1) is 0 Å². The maximum atomic E-state index is 12.1. The van der Waals surface area contributed by atoms with Crippen LogP contribution < -0.4 is 0 Å². The van der Waals surface area contributed by atoms with Crippen molar-refractivity contribution in [3.8, 4) is 0 Å². The Hall–Kier alpha value is -0.645. The molecule has 1 saturated heterocycles. The second kappa shape index (κ2) is 6.68. The molecule has 4 fully saturated rings. The Bertz CT molecular complexity index is 772. The molecule has 0 radical (unpaired) electrons. The molecule has 4 aliphatic carbocycles. The summed E-state index contributed by atoms with van der Waals surface area (Å²) in [5.74, 6) is 2.24. The molecule has 5 aliphatic rings. The van der Waals surface area contributed by atoms with Gasteiger partial charge in [-0.2, -0.15) is 0 Å². The minimum Gasteiger partial charge on any atom is -0.408 e. The van der Waals surface area contributed by atoms with Crippen molar-refractivity contribution in [2.45, 2.75) is 103 Å². The summed E-state index contributed by atoms with van der Waals surface area (Å²) in [6.07, 6.45) is 9.78. The summed E-state index contributed by atoms with van der Waals surface area (Å²) in [7, 11) is -0.267. The maximum Gasteiger partial charge on any atom is 0.463 e. The Morgan fingerprint density at radius 1 is 1.07 bits per heavy atom. The van der Waals surface area contributed by atoms with E-state index in [1.54, 1.807) is 0 Å². The topological polar surface area (TPSA) is 55.8 Å². The first-order valence-electron chi connectivity index (χ1n) is 12.2. The highest BCUT2D eigenvalue weighted by atomic mass is 16.6. The van der Waals surface area contributed by atoms with Crippen LogP contribution in [0.3, 0.4) is 0 Å². The third kappa shape index (κ3) is 2.73. The first-order valence-corrected chi connectivity index (χ1v) is 12.2. The van der Waals surface area contributed by atoms with E-state index in [1.165, 1.54) is 18.4 Å². The lowest BCUT2D eigenvalue weighted by Gasteiger charge is -2.61. The third-order valence-corrected chi connectivity index (χ3v) is 10.1. The second-order valence-corrected chi connectivity index (χ2v) is 12.5. The van der Waals surface area contributed by atoms with Crippen LogP contribution in [0.25, 0.3) is 0 Å². The van der Waals surface area contributed by atoms with Crippen molar-refractivity contribution in [1.29, 1.82) is 0 Å². The van der Waals surface area contributed by atoms with E-state index in [2.05, 4.69) is 34.6 Å². The molecule has 0 aromatic rings. The fraction of sp³-hybridized carbons (Fsp3) is 0.880. The molecule has 3 saturated carbocycles. The zero-order valence-corrected chi connectivity index (χ0v) is 19.5. The Labute approximate surface area is 182 Å². The van der Waals surface area contributed by atoms with Crippen molar-refractivity contribution >= 4 is 12.9 Å². The molecule has 1 heterocycles. The Morgan fingerprint density at radius 2 is 1.80 bits per heavy atom. The van der Waals surface area contributed by atoms with Crippen LogP contribution in [0.2, 0.25) is 5.31 Å². The molecule has 5 heteroatoms. The van der Waals surface area contributed by atoms with Gasteiger partial charge in [0.25, 0.3) is 0 Å². The van der Waals surface area contributed by atoms with Crippen molar-refractivity contribution in [1.82, 2.24) is 0 Å². The van der Waals surface area contributed by atoms with E-state index in [0.29, 0.717) is 36.6 Å². The Balaban J connectivity index is 1.47. The van der Waals surface area contributed by atoms with Gasteiger partial charge in [-0.1, -0.05) is 40.2 Å². The summed E-state index contributed by atoms with van der Waals surface area (Å²) in [5, 5.41) is 11.1. The minimum absolute atomic E-state index is 0.0110. The highest BCUT2D eigenvalue weighted by Gasteiger charge is 2.69. The van der Waals surface area contributed by atoms with Gasteiger partial charge in [-0.3, -0.25) is 4.79 Å². The third-order valence-electron chi connectivity index (χ3n) is 10.1. The van der Waals surface area contributed by atoms with E-state index in [4.69, 9.17) is 9.31 Å². The summed E-state index contributed by atoms with van der Waals surface area (Å²) in [5.41, 5.74) is 1.12. The van der Waals surface area contributed by atoms with Crippen molar-refractivity contribution < 1.29 is 19.2 Å². The van der Waals surface area contributed by atoms with E-state index in [0.717, 1.165) is 32.1 Å². The van der Waals surface area contributed by atoms with Gasteiger partial charge in [0.15, 0.2) is 5.78 Å². The van der Waals surface area contributed by atoms with Crippen LogP contribution >= 0.6 is 0 Å². The molecule has 30 heavy (non-hydrogen) atoms. The highest BCUT2D eigenvalue weighted by Crippen LogP contribution is 2.69. The predicted molar refractivity (Wildman–Crippen MR) is 118 cm³/mol. The van der Waals surface area contributed by atoms with Crippen LogP contribution in [0, 0.1) is 28.6 Å². The number of aliphatic hydroxyl groups is 1. The average Bonchev–Trinajstić information content (AvgIpc) is 2.97. The smallest absolute Gasteiger partial charge is 0.408 e. The van der Waals surface area contributed by atoms with Crippen LogP contribution in [0.15, 0.2) is 11.6 Å². The van der Waals surface area contributed by atoms with Crippen LogP contribution in [0.5, 0.6) is 0 Å². The van der Waals surface area contributed by atoms with E-state index >= 15 is 0 Å². The van der Waals surface area contributed by atoms with Gasteiger partial charge < -0.3 is 14.4 Å². The van der Waals surface area contributed by atoms with Crippen molar-refractivity contribution in [2.75, 3.05) is 6.61 Å². The van der Waals surface area contributed by atoms with E-state index in [-0.39, 0.29) is 23.3 Å². The number of carbonyl (C=O) groups excluding carboxylic acids is 1. The molecule has 1 aliphatic heterocycles. The summed E-state index contributed by atoms with van der Waals surface area (Å²) in [6, 6.07) is 0. The van der Waals surface area contributed by atoms with Crippen LogP contribution in [0.1, 0.15) is 86.0 Å². The van der Waals surface area contributed by atoms with E-state index in [9.17, 15) is 9.90 Å². The average molecular weight is 414 g/mol. The van der Waals surface area contributed by atoms with Gasteiger partial charge in [0.2, 0.25) is 0 Å². The van der Waals surface area contributed by atoms with Crippen molar-refractivity contribution in [3.63, 3.8) is 0 Å². The van der Waals surface area contributed by atoms with Gasteiger partial charge in [-0.25, -0.2) is 0 Å². The van der Waals surface area contributed by atoms with Crippen molar-refractivity contribution in [3.05, 3.63) is 11.6 Å². The molecule has 0 aromatic carbocycles. The summed E-state index contributed by atoms with van der Waals surface area (Å²) in [4.78, 5) is 12.1. The summed E-state index contributed by atoms with van der Waals surface area (Å²) >= 11 is 0. The largest absolute Gasteiger partial charge is 0.463 e. The molecular formula is C25H39BO4. The quantitative estimate of drug-likeness (QED) is 0.570. The van der Waals surface area contributed by atoms with E-state index < -0.39 is 11.7 Å². The molecule has 4 nitrogen and oxygen atoms in total.